The van der Waals surface area contributed by atoms with Gasteiger partial charge in [0.05, 0.1) is 0 Å². The highest BCUT2D eigenvalue weighted by Crippen LogP contribution is 2.30. The number of aliphatic hydroxyl groups is 1. The van der Waals surface area contributed by atoms with E-state index in [2.05, 4.69) is 48.8 Å². The van der Waals surface area contributed by atoms with Crippen molar-refractivity contribution in [3.05, 3.63) is 43.2 Å². The van der Waals surface area contributed by atoms with Gasteiger partial charge >= 0.3 is 0 Å². The predicted octanol–water partition coefficient (Wildman–Crippen LogP) is 2.57. The molecule has 0 radical (unpaired) electrons. The van der Waals surface area contributed by atoms with Gasteiger partial charge in [0.25, 0.3) is 0 Å². The van der Waals surface area contributed by atoms with Gasteiger partial charge in [-0.25, -0.2) is 4.68 Å². The maximum atomic E-state index is 10.4. The lowest BCUT2D eigenvalue weighted by Crippen LogP contribution is -2.09. The molecule has 0 bridgehead atoms. The molecule has 6 heteroatoms. The molecule has 90 valence electrons. The first kappa shape index (κ1) is 13.0. The standard InChI is InChI=1S/C11H11BrIN3O/c1-6-4-3-5-7(8(6)13)10(17)9-11(12)14-15-16(9)2/h3-5,10,17H,1-2H3. The van der Waals surface area contributed by atoms with E-state index in [0.717, 1.165) is 14.7 Å². The fourth-order valence-electron chi connectivity index (χ4n) is 1.66. The van der Waals surface area contributed by atoms with Crippen molar-refractivity contribution in [1.82, 2.24) is 15.0 Å². The maximum Gasteiger partial charge on any atom is 0.154 e. The lowest BCUT2D eigenvalue weighted by atomic mass is 10.0. The molecule has 1 unspecified atom stereocenters. The fraction of sp³-hybridized carbons (Fsp3) is 0.273. The van der Waals surface area contributed by atoms with E-state index in [1.54, 1.807) is 11.7 Å². The number of rotatable bonds is 2. The normalized spacial score (nSPS) is 12.8. The van der Waals surface area contributed by atoms with Crippen LogP contribution in [0.25, 0.3) is 0 Å². The summed E-state index contributed by atoms with van der Waals surface area (Å²) < 4.78 is 3.21. The third kappa shape index (κ3) is 2.38. The van der Waals surface area contributed by atoms with Crippen molar-refractivity contribution < 1.29 is 5.11 Å². The molecular weight excluding hydrogens is 397 g/mol. The van der Waals surface area contributed by atoms with Gasteiger partial charge in [-0.05, 0) is 51.0 Å². The van der Waals surface area contributed by atoms with Crippen LogP contribution in [0.15, 0.2) is 22.8 Å². The zero-order chi connectivity index (χ0) is 12.6. The minimum atomic E-state index is -0.726. The summed E-state index contributed by atoms with van der Waals surface area (Å²) in [4.78, 5) is 0. The van der Waals surface area contributed by atoms with Crippen LogP contribution in [0, 0.1) is 10.5 Å². The molecule has 1 atom stereocenters. The predicted molar refractivity (Wildman–Crippen MR) is 76.7 cm³/mol. The molecule has 1 aromatic heterocycles. The average Bonchev–Trinajstić information content (AvgIpc) is 2.62. The quantitative estimate of drug-likeness (QED) is 0.778. The molecule has 1 heterocycles. The minimum Gasteiger partial charge on any atom is -0.382 e. The molecule has 0 saturated heterocycles. The molecule has 0 saturated carbocycles. The van der Waals surface area contributed by atoms with Crippen molar-refractivity contribution in [2.45, 2.75) is 13.0 Å². The van der Waals surface area contributed by atoms with E-state index in [0.29, 0.717) is 10.3 Å². The molecule has 0 fully saturated rings. The molecule has 4 nitrogen and oxygen atoms in total. The molecule has 0 aliphatic heterocycles. The average molecular weight is 408 g/mol. The van der Waals surface area contributed by atoms with Crippen LogP contribution in [0.5, 0.6) is 0 Å². The van der Waals surface area contributed by atoms with Crippen LogP contribution < -0.4 is 0 Å². The Morgan fingerprint density at radius 3 is 2.76 bits per heavy atom. The van der Waals surface area contributed by atoms with Crippen molar-refractivity contribution in [2.75, 3.05) is 0 Å². The Kier molecular flexibility index (Phi) is 3.84. The number of aliphatic hydroxyl groups excluding tert-OH is 1. The number of hydrogen-bond donors (Lipinski definition) is 1. The molecule has 0 aliphatic carbocycles. The van der Waals surface area contributed by atoms with Gasteiger partial charge in [-0.1, -0.05) is 23.4 Å². The highest BCUT2D eigenvalue weighted by Gasteiger charge is 2.21. The molecule has 1 N–H and O–H groups in total. The number of nitrogens with zero attached hydrogens (tertiary/aromatic N) is 3. The Morgan fingerprint density at radius 2 is 2.18 bits per heavy atom. The van der Waals surface area contributed by atoms with Gasteiger partial charge < -0.3 is 5.11 Å². The van der Waals surface area contributed by atoms with E-state index in [-0.39, 0.29) is 0 Å². The Bertz CT molecular complexity index is 536. The first-order chi connectivity index (χ1) is 8.02. The Balaban J connectivity index is 2.51. The number of aryl methyl sites for hydroxylation is 2. The van der Waals surface area contributed by atoms with Crippen LogP contribution in [-0.2, 0) is 7.05 Å². The zero-order valence-corrected chi connectivity index (χ0v) is 13.1. The molecule has 2 rings (SSSR count). The topological polar surface area (TPSA) is 50.9 Å². The molecule has 0 spiro atoms. The van der Waals surface area contributed by atoms with Gasteiger partial charge in [0, 0.05) is 16.2 Å². The van der Waals surface area contributed by atoms with Crippen molar-refractivity contribution in [1.29, 1.82) is 0 Å². The van der Waals surface area contributed by atoms with Gasteiger partial charge in [0.2, 0.25) is 0 Å². The van der Waals surface area contributed by atoms with Crippen molar-refractivity contribution >= 4 is 38.5 Å². The van der Waals surface area contributed by atoms with Crippen molar-refractivity contribution in [2.24, 2.45) is 7.05 Å². The van der Waals surface area contributed by atoms with Gasteiger partial charge in [0.15, 0.2) is 4.60 Å². The zero-order valence-electron chi connectivity index (χ0n) is 9.35. The lowest BCUT2D eigenvalue weighted by molar-refractivity contribution is 0.208. The summed E-state index contributed by atoms with van der Waals surface area (Å²) in [7, 11) is 1.76. The number of hydrogen-bond acceptors (Lipinski definition) is 3. The van der Waals surface area contributed by atoms with Gasteiger partial charge in [-0.2, -0.15) is 0 Å². The third-order valence-electron chi connectivity index (χ3n) is 2.60. The number of benzene rings is 1. The Morgan fingerprint density at radius 1 is 1.47 bits per heavy atom. The summed E-state index contributed by atoms with van der Waals surface area (Å²) in [6, 6.07) is 5.88. The second-order valence-corrected chi connectivity index (χ2v) is 5.60. The summed E-state index contributed by atoms with van der Waals surface area (Å²) in [5.41, 5.74) is 2.68. The fourth-order valence-corrected chi connectivity index (χ4v) is 2.86. The van der Waals surface area contributed by atoms with Crippen LogP contribution >= 0.6 is 38.5 Å². The van der Waals surface area contributed by atoms with E-state index in [1.165, 1.54) is 0 Å². The number of aromatic nitrogens is 3. The lowest BCUT2D eigenvalue weighted by Gasteiger charge is -2.14. The Hall–Kier alpha value is -0.470. The van der Waals surface area contributed by atoms with E-state index in [9.17, 15) is 5.11 Å². The van der Waals surface area contributed by atoms with Crippen molar-refractivity contribution in [3.63, 3.8) is 0 Å². The van der Waals surface area contributed by atoms with E-state index < -0.39 is 6.10 Å². The summed E-state index contributed by atoms with van der Waals surface area (Å²) >= 11 is 5.54. The first-order valence-electron chi connectivity index (χ1n) is 5.00. The SMILES string of the molecule is Cc1cccc(C(O)c2c(Br)nnn2C)c1I. The van der Waals surface area contributed by atoms with Gasteiger partial charge in [0.1, 0.15) is 11.8 Å². The summed E-state index contributed by atoms with van der Waals surface area (Å²) in [5, 5.41) is 18.2. The Labute approximate surface area is 121 Å². The van der Waals surface area contributed by atoms with E-state index in [4.69, 9.17) is 0 Å². The van der Waals surface area contributed by atoms with Crippen LogP contribution in [0.4, 0.5) is 0 Å². The van der Waals surface area contributed by atoms with E-state index >= 15 is 0 Å². The monoisotopic (exact) mass is 407 g/mol. The smallest absolute Gasteiger partial charge is 0.154 e. The first-order valence-corrected chi connectivity index (χ1v) is 6.87. The minimum absolute atomic E-state index is 0.574. The molecular formula is C11H11BrIN3O. The molecule has 1 aromatic carbocycles. The highest BCUT2D eigenvalue weighted by molar-refractivity contribution is 14.1. The largest absolute Gasteiger partial charge is 0.382 e. The summed E-state index contributed by atoms with van der Waals surface area (Å²) in [5.74, 6) is 0. The van der Waals surface area contributed by atoms with Gasteiger partial charge in [-0.15, -0.1) is 5.10 Å². The third-order valence-corrected chi connectivity index (χ3v) is 4.64. The van der Waals surface area contributed by atoms with Gasteiger partial charge in [-0.3, -0.25) is 0 Å². The van der Waals surface area contributed by atoms with Crippen LogP contribution in [0.2, 0.25) is 0 Å². The maximum absolute atomic E-state index is 10.4. The molecule has 17 heavy (non-hydrogen) atoms. The molecule has 0 aliphatic rings. The highest BCUT2D eigenvalue weighted by atomic mass is 127. The molecule has 0 amide bonds. The van der Waals surface area contributed by atoms with Crippen LogP contribution in [0.3, 0.4) is 0 Å². The van der Waals surface area contributed by atoms with Crippen molar-refractivity contribution in [3.8, 4) is 0 Å². The van der Waals surface area contributed by atoms with Crippen LogP contribution in [-0.4, -0.2) is 20.1 Å². The second-order valence-electron chi connectivity index (χ2n) is 3.77. The summed E-state index contributed by atoms with van der Waals surface area (Å²) in [6.45, 7) is 2.02. The molecule has 2 aromatic rings. The second kappa shape index (κ2) is 5.03. The van der Waals surface area contributed by atoms with Crippen LogP contribution in [0.1, 0.15) is 22.9 Å². The van der Waals surface area contributed by atoms with E-state index in [1.807, 2.05) is 25.1 Å². The number of halogens is 2. The summed E-state index contributed by atoms with van der Waals surface area (Å²) in [6.07, 6.45) is -0.726.